The second-order valence-corrected chi connectivity index (χ2v) is 8.16. The van der Waals surface area contributed by atoms with Crippen LogP contribution in [0.5, 0.6) is 0 Å². The molecule has 3 aromatic rings. The Labute approximate surface area is 156 Å². The first-order valence-corrected chi connectivity index (χ1v) is 9.48. The molecule has 0 radical (unpaired) electrons. The lowest BCUT2D eigenvalue weighted by Gasteiger charge is -2.37. The molecule has 0 bridgehead atoms. The number of hydrogen-bond acceptors (Lipinski definition) is 7. The lowest BCUT2D eigenvalue weighted by molar-refractivity contribution is 0.395. The summed E-state index contributed by atoms with van der Waals surface area (Å²) in [5.41, 5.74) is 1.07. The number of fused-ring (bicyclic) bond motifs is 1. The Morgan fingerprint density at radius 1 is 1.12 bits per heavy atom. The van der Waals surface area contributed by atoms with Crippen molar-refractivity contribution < 1.29 is 0 Å². The normalized spacial score (nSPS) is 19.6. The number of thiazole rings is 1. The summed E-state index contributed by atoms with van der Waals surface area (Å²) >= 11 is 1.69. The second kappa shape index (κ2) is 6.54. The maximum Gasteiger partial charge on any atom is 0.184 e. The van der Waals surface area contributed by atoms with E-state index in [1.165, 1.54) is 4.70 Å². The van der Waals surface area contributed by atoms with Gasteiger partial charge in [0, 0.05) is 24.5 Å². The van der Waals surface area contributed by atoms with Crippen molar-refractivity contribution >= 4 is 32.5 Å². The highest BCUT2D eigenvalue weighted by Crippen LogP contribution is 2.33. The first kappa shape index (κ1) is 16.7. The maximum absolute atomic E-state index is 9.38. The Hall–Kier alpha value is -2.72. The van der Waals surface area contributed by atoms with E-state index in [0.717, 1.165) is 23.5 Å². The van der Waals surface area contributed by atoms with Crippen molar-refractivity contribution in [2.45, 2.75) is 44.2 Å². The molecule has 1 fully saturated rings. The van der Waals surface area contributed by atoms with Crippen LogP contribution in [0.2, 0.25) is 0 Å². The van der Waals surface area contributed by atoms with Crippen molar-refractivity contribution in [2.24, 2.45) is 0 Å². The fourth-order valence-corrected chi connectivity index (χ4v) is 4.05. The monoisotopic (exact) mass is 364 g/mol. The zero-order chi connectivity index (χ0) is 18.1. The maximum atomic E-state index is 9.38. The molecule has 0 aliphatic heterocycles. The minimum absolute atomic E-state index is 0.326. The van der Waals surface area contributed by atoms with Gasteiger partial charge in [-0.3, -0.25) is 4.98 Å². The first-order valence-electron chi connectivity index (χ1n) is 8.66. The van der Waals surface area contributed by atoms with Crippen molar-refractivity contribution in [2.75, 3.05) is 10.6 Å². The first-order chi connectivity index (χ1) is 12.5. The van der Waals surface area contributed by atoms with Crippen molar-refractivity contribution in [3.8, 4) is 6.07 Å². The van der Waals surface area contributed by atoms with Crippen LogP contribution in [-0.4, -0.2) is 27.0 Å². The van der Waals surface area contributed by atoms with Gasteiger partial charge in [-0.15, -0.1) is 0 Å². The third kappa shape index (κ3) is 3.20. The minimum Gasteiger partial charge on any atom is -0.366 e. The van der Waals surface area contributed by atoms with E-state index in [1.54, 1.807) is 23.7 Å². The lowest BCUT2D eigenvalue weighted by atomic mass is 9.86. The molecule has 1 aromatic carbocycles. The van der Waals surface area contributed by atoms with Gasteiger partial charge in [0.1, 0.15) is 11.5 Å². The highest BCUT2D eigenvalue weighted by molar-refractivity contribution is 7.22. The Balaban J connectivity index is 1.38. The molecule has 0 amide bonds. The smallest absolute Gasteiger partial charge is 0.184 e. The molecule has 2 N–H and O–H groups in total. The molecule has 0 atom stereocenters. The molecule has 0 unspecified atom stereocenters. The van der Waals surface area contributed by atoms with Crippen LogP contribution in [0.15, 0.2) is 36.7 Å². The van der Waals surface area contributed by atoms with Crippen molar-refractivity contribution in [3.05, 3.63) is 42.4 Å². The Morgan fingerprint density at radius 2 is 1.85 bits per heavy atom. The van der Waals surface area contributed by atoms with Crippen LogP contribution in [0.4, 0.5) is 10.9 Å². The number of hydrogen-bond donors (Lipinski definition) is 2. The highest BCUT2D eigenvalue weighted by Gasteiger charge is 2.32. The van der Waals surface area contributed by atoms with Gasteiger partial charge in [-0.25, -0.2) is 9.97 Å². The topological polar surface area (TPSA) is 86.5 Å². The number of anilines is 2. The summed E-state index contributed by atoms with van der Waals surface area (Å²) in [7, 11) is 0. The molecule has 1 aliphatic carbocycles. The zero-order valence-corrected chi connectivity index (χ0v) is 15.5. The van der Waals surface area contributed by atoms with Gasteiger partial charge in [0.2, 0.25) is 0 Å². The van der Waals surface area contributed by atoms with Crippen LogP contribution in [0.1, 0.15) is 32.4 Å². The lowest BCUT2D eigenvalue weighted by Crippen LogP contribution is -2.44. The van der Waals surface area contributed by atoms with Crippen LogP contribution in [0.3, 0.4) is 0 Å². The molecular formula is C19H20N6S. The van der Waals surface area contributed by atoms with E-state index in [1.807, 2.05) is 32.0 Å². The number of para-hydroxylation sites is 1. The summed E-state index contributed by atoms with van der Waals surface area (Å²) in [4.78, 5) is 13.4. The molecule has 2 heterocycles. The molecule has 1 saturated carbocycles. The number of aromatic nitrogens is 3. The predicted molar refractivity (Wildman–Crippen MR) is 104 cm³/mol. The molecule has 132 valence electrons. The zero-order valence-electron chi connectivity index (χ0n) is 14.7. The predicted octanol–water partition coefficient (Wildman–Crippen LogP) is 3.94. The molecule has 1 aliphatic rings. The van der Waals surface area contributed by atoms with Gasteiger partial charge in [-0.05, 0) is 38.8 Å². The van der Waals surface area contributed by atoms with Crippen LogP contribution in [-0.2, 0) is 5.41 Å². The molecule has 7 heteroatoms. The van der Waals surface area contributed by atoms with Gasteiger partial charge in [-0.2, -0.15) is 5.26 Å². The molecule has 4 rings (SSSR count). The molecule has 0 spiro atoms. The summed E-state index contributed by atoms with van der Waals surface area (Å²) < 4.78 is 1.20. The Kier molecular flexibility index (Phi) is 4.21. The Bertz CT molecular complexity index is 934. The number of nitrogens with zero attached hydrogens (tertiary/aromatic N) is 4. The van der Waals surface area contributed by atoms with Gasteiger partial charge in [0.25, 0.3) is 0 Å². The molecule has 26 heavy (non-hydrogen) atoms. The summed E-state index contributed by atoms with van der Waals surface area (Å²) in [5, 5.41) is 17.3. The summed E-state index contributed by atoms with van der Waals surface area (Å²) in [6, 6.07) is 11.2. The second-order valence-electron chi connectivity index (χ2n) is 7.13. The number of nitriles is 1. The largest absolute Gasteiger partial charge is 0.366 e. The SMILES string of the molecule is CC(C)(C#N)c1nccnc1N[C@H]1C[C@H](Nc2nc3ccccc3s2)C1. The van der Waals surface area contributed by atoms with E-state index < -0.39 is 5.41 Å². The van der Waals surface area contributed by atoms with Crippen LogP contribution >= 0.6 is 11.3 Å². The molecular weight excluding hydrogens is 344 g/mol. The average molecular weight is 364 g/mol. The van der Waals surface area contributed by atoms with Gasteiger partial charge in [0.15, 0.2) is 5.13 Å². The minimum atomic E-state index is -0.668. The number of benzene rings is 1. The van der Waals surface area contributed by atoms with E-state index in [4.69, 9.17) is 0 Å². The van der Waals surface area contributed by atoms with Crippen LogP contribution in [0, 0.1) is 11.3 Å². The van der Waals surface area contributed by atoms with E-state index in [9.17, 15) is 5.26 Å². The third-order valence-corrected chi connectivity index (χ3v) is 5.64. The van der Waals surface area contributed by atoms with Crippen molar-refractivity contribution in [1.29, 1.82) is 5.26 Å². The summed E-state index contributed by atoms with van der Waals surface area (Å²) in [5.74, 6) is 0.711. The molecule has 2 aromatic heterocycles. The van der Waals surface area contributed by atoms with E-state index in [-0.39, 0.29) is 0 Å². The summed E-state index contributed by atoms with van der Waals surface area (Å²) in [6.45, 7) is 3.72. The molecule has 0 saturated heterocycles. The third-order valence-electron chi connectivity index (χ3n) is 4.67. The summed E-state index contributed by atoms with van der Waals surface area (Å²) in [6.07, 6.45) is 5.27. The van der Waals surface area contributed by atoms with E-state index in [0.29, 0.717) is 23.6 Å². The van der Waals surface area contributed by atoms with Crippen LogP contribution < -0.4 is 10.6 Å². The van der Waals surface area contributed by atoms with Gasteiger partial charge < -0.3 is 10.6 Å². The molecule has 6 nitrogen and oxygen atoms in total. The van der Waals surface area contributed by atoms with Gasteiger partial charge >= 0.3 is 0 Å². The quantitative estimate of drug-likeness (QED) is 0.713. The standard InChI is InChI=1S/C19H20N6S/c1-19(2,11-20)16-17(22-8-7-21-16)23-12-9-13(10-12)24-18-25-14-5-3-4-6-15(14)26-18/h3-8,12-13H,9-10H2,1-2H3,(H,22,23)(H,24,25)/t12-,13-. The van der Waals surface area contributed by atoms with E-state index >= 15 is 0 Å². The van der Waals surface area contributed by atoms with E-state index in [2.05, 4.69) is 37.7 Å². The van der Waals surface area contributed by atoms with Gasteiger partial charge in [0.05, 0.1) is 21.7 Å². The van der Waals surface area contributed by atoms with Crippen molar-refractivity contribution in [3.63, 3.8) is 0 Å². The number of rotatable bonds is 5. The Morgan fingerprint density at radius 3 is 2.62 bits per heavy atom. The highest BCUT2D eigenvalue weighted by atomic mass is 32.1. The fourth-order valence-electron chi connectivity index (χ4n) is 3.11. The average Bonchev–Trinajstić information content (AvgIpc) is 3.02. The fraction of sp³-hybridized carbons (Fsp3) is 0.368. The number of nitrogens with one attached hydrogen (secondary N) is 2. The van der Waals surface area contributed by atoms with Crippen LogP contribution in [0.25, 0.3) is 10.2 Å². The van der Waals surface area contributed by atoms with Crippen molar-refractivity contribution in [1.82, 2.24) is 15.0 Å². The van der Waals surface area contributed by atoms with Gasteiger partial charge in [-0.1, -0.05) is 23.5 Å².